The molecule has 3 heterocycles. The zero-order valence-corrected chi connectivity index (χ0v) is 39.6. The lowest BCUT2D eigenvalue weighted by molar-refractivity contribution is 1.06. The molecule has 16 rings (SSSR count). The lowest BCUT2D eigenvalue weighted by Gasteiger charge is -2.21. The summed E-state index contributed by atoms with van der Waals surface area (Å²) in [5.41, 5.74) is 15.4. The fraction of sp³-hybridized carbons (Fsp3) is 0.0435. The molecule has 2 nitrogen and oxygen atoms in total. The van der Waals surface area contributed by atoms with E-state index in [2.05, 4.69) is 242 Å². The van der Waals surface area contributed by atoms with Crippen molar-refractivity contribution in [1.82, 2.24) is 8.97 Å². The van der Waals surface area contributed by atoms with Gasteiger partial charge in [-0.05, 0) is 108 Å². The lowest BCUT2D eigenvalue weighted by atomic mass is 9.88. The van der Waals surface area contributed by atoms with E-state index >= 15 is 0 Å². The fourth-order valence-electron chi connectivity index (χ4n) is 13.5. The van der Waals surface area contributed by atoms with Gasteiger partial charge in [-0.25, -0.2) is 0 Å². The van der Waals surface area contributed by atoms with Crippen molar-refractivity contribution >= 4 is 124 Å². The summed E-state index contributed by atoms with van der Waals surface area (Å²) in [6.45, 7) is 6.96. The second-order valence-corrected chi connectivity index (χ2v) is 19.9. The Balaban J connectivity index is 1.01. The summed E-state index contributed by atoms with van der Waals surface area (Å²) in [6.07, 6.45) is 0. The maximum atomic E-state index is 2.64. The van der Waals surface area contributed by atoms with Gasteiger partial charge < -0.3 is 8.97 Å². The predicted octanol–water partition coefficient (Wildman–Crippen LogP) is 19.1. The van der Waals surface area contributed by atoms with Crippen LogP contribution in [0.5, 0.6) is 0 Å². The third-order valence-corrected chi connectivity index (χ3v) is 16.6. The second kappa shape index (κ2) is 14.1. The average molecular weight is 901 g/mol. The molecule has 2 heteroatoms. The van der Waals surface area contributed by atoms with Crippen LogP contribution in [0, 0.1) is 20.8 Å². The van der Waals surface area contributed by atoms with Crippen LogP contribution in [0.4, 0.5) is 0 Å². The van der Waals surface area contributed by atoms with Crippen LogP contribution in [-0.4, -0.2) is 8.97 Å². The number of hydrogen-bond donors (Lipinski definition) is 0. The summed E-state index contributed by atoms with van der Waals surface area (Å²) < 4.78 is 5.24. The standard InChI is InChI=1S/C69H44N2/c1-39-41(3)70(68-55-26-11-8-23-52(55)62(53-24-9-12-27-56(53)68)50-29-14-19-42-17-4-6-21-46(42)50)66-44(39)33-35-48-49-36-34-45-40(2)65-61-32-16-31-60-63(51-30-15-20-43-18-5-7-22-47(43)51)54-25-10-13-28-57(54)69(64(60)61)71(65)67(45)59(49)38-37-58(48)66/h4-38H,1-3H3. The van der Waals surface area contributed by atoms with Crippen molar-refractivity contribution in [2.24, 2.45) is 0 Å². The van der Waals surface area contributed by atoms with E-state index in [1.807, 2.05) is 0 Å². The van der Waals surface area contributed by atoms with E-state index < -0.39 is 0 Å². The van der Waals surface area contributed by atoms with Crippen LogP contribution in [0.2, 0.25) is 0 Å². The highest BCUT2D eigenvalue weighted by molar-refractivity contribution is 6.35. The van der Waals surface area contributed by atoms with Crippen LogP contribution >= 0.6 is 0 Å². The molecule has 16 aromatic rings. The summed E-state index contributed by atoms with van der Waals surface area (Å²) >= 11 is 0. The molecule has 0 atom stereocenters. The topological polar surface area (TPSA) is 9.34 Å². The minimum absolute atomic E-state index is 1.24. The minimum atomic E-state index is 1.24. The van der Waals surface area contributed by atoms with Crippen LogP contribution in [0.3, 0.4) is 0 Å². The molecule has 0 saturated heterocycles. The molecule has 0 spiro atoms. The van der Waals surface area contributed by atoms with Gasteiger partial charge in [-0.15, -0.1) is 0 Å². The van der Waals surface area contributed by atoms with Gasteiger partial charge in [0, 0.05) is 54.2 Å². The number of nitrogens with zero attached hydrogens (tertiary/aromatic N) is 2. The summed E-state index contributed by atoms with van der Waals surface area (Å²) in [6, 6.07) is 79.8. The van der Waals surface area contributed by atoms with Crippen LogP contribution in [0.25, 0.3) is 152 Å². The number of aryl methyl sites for hydroxylation is 2. The Morgan fingerprint density at radius 2 is 0.648 bits per heavy atom. The summed E-state index contributed by atoms with van der Waals surface area (Å²) in [5, 5.41) is 24.2. The Morgan fingerprint density at radius 1 is 0.254 bits per heavy atom. The molecule has 0 aliphatic heterocycles. The quantitative estimate of drug-likeness (QED) is 0.123. The maximum Gasteiger partial charge on any atom is 0.0626 e. The number of fused-ring (bicyclic) bond motifs is 17. The number of benzene rings is 13. The first-order valence-electron chi connectivity index (χ1n) is 24.9. The van der Waals surface area contributed by atoms with Crippen molar-refractivity contribution < 1.29 is 0 Å². The van der Waals surface area contributed by atoms with Crippen LogP contribution < -0.4 is 0 Å². The zero-order chi connectivity index (χ0) is 46.8. The van der Waals surface area contributed by atoms with Crippen molar-refractivity contribution in [1.29, 1.82) is 0 Å². The molecule has 0 N–H and O–H groups in total. The largest absolute Gasteiger partial charge is 0.312 e. The minimum Gasteiger partial charge on any atom is -0.312 e. The first kappa shape index (κ1) is 38.9. The number of aromatic nitrogens is 2. The molecule has 0 radical (unpaired) electrons. The van der Waals surface area contributed by atoms with Gasteiger partial charge in [0.25, 0.3) is 0 Å². The zero-order valence-electron chi connectivity index (χ0n) is 39.6. The molecular weight excluding hydrogens is 857 g/mol. The average Bonchev–Trinajstić information content (AvgIpc) is 4.02. The van der Waals surface area contributed by atoms with E-state index in [1.165, 1.54) is 169 Å². The molecule has 0 amide bonds. The first-order chi connectivity index (χ1) is 35.0. The number of rotatable bonds is 3. The van der Waals surface area contributed by atoms with Gasteiger partial charge in [0.1, 0.15) is 0 Å². The highest BCUT2D eigenvalue weighted by Gasteiger charge is 2.27. The summed E-state index contributed by atoms with van der Waals surface area (Å²) in [4.78, 5) is 0. The van der Waals surface area contributed by atoms with Gasteiger partial charge >= 0.3 is 0 Å². The summed E-state index contributed by atoms with van der Waals surface area (Å²) in [7, 11) is 0. The Kier molecular flexibility index (Phi) is 7.71. The predicted molar refractivity (Wildman–Crippen MR) is 306 cm³/mol. The molecule has 0 aliphatic carbocycles. The first-order valence-corrected chi connectivity index (χ1v) is 24.9. The third-order valence-electron chi connectivity index (χ3n) is 16.6. The lowest BCUT2D eigenvalue weighted by Crippen LogP contribution is -2.01. The van der Waals surface area contributed by atoms with Gasteiger partial charge in [-0.2, -0.15) is 0 Å². The van der Waals surface area contributed by atoms with Gasteiger partial charge in [-0.3, -0.25) is 0 Å². The molecular formula is C69H44N2. The summed E-state index contributed by atoms with van der Waals surface area (Å²) in [5.74, 6) is 0. The van der Waals surface area contributed by atoms with E-state index in [-0.39, 0.29) is 0 Å². The molecule has 0 aliphatic rings. The molecule has 13 aromatic carbocycles. The van der Waals surface area contributed by atoms with Crippen molar-refractivity contribution in [3.05, 3.63) is 229 Å². The Bertz CT molecular complexity index is 4950. The normalized spacial score (nSPS) is 12.4. The molecule has 330 valence electrons. The molecule has 3 aromatic heterocycles. The van der Waals surface area contributed by atoms with Gasteiger partial charge in [-0.1, -0.05) is 212 Å². The molecule has 0 unspecified atom stereocenters. The third kappa shape index (κ3) is 4.96. The number of hydrogen-bond acceptors (Lipinski definition) is 0. The Hall–Kier alpha value is -8.98. The molecule has 71 heavy (non-hydrogen) atoms. The molecule has 0 bridgehead atoms. The maximum absolute atomic E-state index is 2.64. The highest BCUT2D eigenvalue weighted by atomic mass is 15.0. The smallest absolute Gasteiger partial charge is 0.0626 e. The van der Waals surface area contributed by atoms with E-state index in [0.717, 1.165) is 0 Å². The monoisotopic (exact) mass is 900 g/mol. The van der Waals surface area contributed by atoms with E-state index in [9.17, 15) is 0 Å². The van der Waals surface area contributed by atoms with Crippen LogP contribution in [0.1, 0.15) is 16.8 Å². The van der Waals surface area contributed by atoms with Gasteiger partial charge in [0.2, 0.25) is 0 Å². The highest BCUT2D eigenvalue weighted by Crippen LogP contribution is 2.51. The van der Waals surface area contributed by atoms with Crippen molar-refractivity contribution in [2.45, 2.75) is 20.8 Å². The van der Waals surface area contributed by atoms with Gasteiger partial charge in [0.15, 0.2) is 0 Å². The van der Waals surface area contributed by atoms with Crippen LogP contribution in [0.15, 0.2) is 212 Å². The molecule has 0 saturated carbocycles. The van der Waals surface area contributed by atoms with Gasteiger partial charge in [0.05, 0.1) is 27.8 Å². The Morgan fingerprint density at radius 3 is 1.25 bits per heavy atom. The van der Waals surface area contributed by atoms with Crippen molar-refractivity contribution in [3.8, 4) is 27.9 Å². The van der Waals surface area contributed by atoms with E-state index in [4.69, 9.17) is 0 Å². The van der Waals surface area contributed by atoms with Crippen molar-refractivity contribution in [2.75, 3.05) is 0 Å². The second-order valence-electron chi connectivity index (χ2n) is 19.9. The molecule has 0 fully saturated rings. The SMILES string of the molecule is Cc1c(C)n(-c2c3ccccc3c(-c3cccc4ccccc34)c3ccccc23)c2c1ccc1c3ccc4c(C)c5c6cccc7c(-c8cccc9ccccc89)c8ccccc8c(c76)n5c4c3ccc12. The van der Waals surface area contributed by atoms with Crippen molar-refractivity contribution in [3.63, 3.8) is 0 Å². The van der Waals surface area contributed by atoms with E-state index in [0.29, 0.717) is 0 Å². The van der Waals surface area contributed by atoms with Crippen LogP contribution in [-0.2, 0) is 0 Å². The fourth-order valence-corrected chi connectivity index (χ4v) is 13.5. The van der Waals surface area contributed by atoms with E-state index in [1.54, 1.807) is 0 Å². The Labute approximate surface area is 409 Å².